The molecule has 2 heterocycles. The lowest BCUT2D eigenvalue weighted by Crippen LogP contribution is -2.47. The van der Waals surface area contributed by atoms with E-state index >= 15 is 0 Å². The van der Waals surface area contributed by atoms with Crippen LogP contribution < -0.4 is 10.7 Å². The molecule has 0 bridgehead atoms. The van der Waals surface area contributed by atoms with Crippen molar-refractivity contribution in [3.05, 3.63) is 10.7 Å². The van der Waals surface area contributed by atoms with Crippen molar-refractivity contribution < 1.29 is 0 Å². The first-order valence-electron chi connectivity index (χ1n) is 6.37. The molecule has 18 heavy (non-hydrogen) atoms. The average molecular weight is 314 g/mol. The molecule has 0 spiro atoms. The second-order valence-electron chi connectivity index (χ2n) is 4.79. The Morgan fingerprint density at radius 3 is 2.61 bits per heavy atom. The van der Waals surface area contributed by atoms with Crippen LogP contribution in [0.3, 0.4) is 0 Å². The van der Waals surface area contributed by atoms with Crippen molar-refractivity contribution in [3.63, 3.8) is 0 Å². The Labute approximate surface area is 116 Å². The van der Waals surface area contributed by atoms with Gasteiger partial charge in [-0.05, 0) is 42.6 Å². The molecule has 1 aliphatic heterocycles. The fourth-order valence-corrected chi connectivity index (χ4v) is 2.61. The van der Waals surface area contributed by atoms with Crippen LogP contribution in [0.4, 0.5) is 11.8 Å². The van der Waals surface area contributed by atoms with Crippen LogP contribution >= 0.6 is 15.9 Å². The molecule has 100 valence electrons. The molecular weight excluding hydrogens is 294 g/mol. The van der Waals surface area contributed by atoms with Gasteiger partial charge in [0.1, 0.15) is 0 Å². The van der Waals surface area contributed by atoms with Gasteiger partial charge in [0.2, 0.25) is 5.95 Å². The molecule has 2 rings (SSSR count). The topological polar surface area (TPSA) is 53.1 Å². The van der Waals surface area contributed by atoms with Crippen molar-refractivity contribution >= 4 is 27.7 Å². The Kier molecular flexibility index (Phi) is 4.40. The summed E-state index contributed by atoms with van der Waals surface area (Å²) in [5.74, 6) is 1.44. The van der Waals surface area contributed by atoms with Crippen molar-refractivity contribution in [2.45, 2.75) is 45.2 Å². The van der Waals surface area contributed by atoms with Gasteiger partial charge in [0.25, 0.3) is 0 Å². The molecule has 1 aromatic heterocycles. The maximum absolute atomic E-state index is 4.43. The number of nitrogens with zero attached hydrogens (tertiary/aromatic N) is 3. The Morgan fingerprint density at radius 1 is 1.33 bits per heavy atom. The number of halogens is 1. The zero-order valence-electron chi connectivity index (χ0n) is 11.1. The largest absolute Gasteiger partial charge is 0.357 e. The lowest BCUT2D eigenvalue weighted by molar-refractivity contribution is 0.135. The highest BCUT2D eigenvalue weighted by atomic mass is 79.9. The van der Waals surface area contributed by atoms with Gasteiger partial charge in [0.15, 0.2) is 5.82 Å². The number of hydrogen-bond donors (Lipinski definition) is 2. The van der Waals surface area contributed by atoms with Crippen LogP contribution in [0.2, 0.25) is 0 Å². The number of nitrogens with one attached hydrogen (secondary N) is 2. The zero-order chi connectivity index (χ0) is 13.1. The molecule has 1 aromatic rings. The molecule has 1 fully saturated rings. The summed E-state index contributed by atoms with van der Waals surface area (Å²) in [7, 11) is 1.82. The minimum absolute atomic E-state index is 0.522. The number of hydrogen-bond acceptors (Lipinski definition) is 5. The summed E-state index contributed by atoms with van der Waals surface area (Å²) in [5, 5.41) is 5.24. The molecule has 1 saturated heterocycles. The summed E-state index contributed by atoms with van der Waals surface area (Å²) in [4.78, 5) is 8.59. The van der Waals surface area contributed by atoms with Gasteiger partial charge in [-0.1, -0.05) is 6.42 Å². The molecule has 1 aliphatic rings. The molecule has 0 aromatic carbocycles. The van der Waals surface area contributed by atoms with Crippen LogP contribution in [-0.2, 0) is 0 Å². The van der Waals surface area contributed by atoms with Crippen molar-refractivity contribution in [1.29, 1.82) is 0 Å². The number of hydrazine groups is 1. The number of aromatic nitrogens is 2. The smallest absolute Gasteiger partial charge is 0.224 e. The van der Waals surface area contributed by atoms with E-state index in [0.29, 0.717) is 18.0 Å². The number of anilines is 2. The van der Waals surface area contributed by atoms with Crippen molar-refractivity contribution in [2.24, 2.45) is 0 Å². The monoisotopic (exact) mass is 313 g/mol. The summed E-state index contributed by atoms with van der Waals surface area (Å²) < 4.78 is 0.881. The minimum atomic E-state index is 0.522. The summed E-state index contributed by atoms with van der Waals surface area (Å²) in [6.07, 6.45) is 5.51. The van der Waals surface area contributed by atoms with E-state index in [9.17, 15) is 0 Å². The third-order valence-electron chi connectivity index (χ3n) is 3.40. The standard InChI is InChI=1S/C12H20BrN5/c1-8-5-4-6-9(2)18(8)17-11-10(13)7-15-12(14-3)16-11/h7-9H,4-6H2,1-3H3,(H2,14,15,16,17). The first-order chi connectivity index (χ1) is 8.61. The normalized spacial score (nSPS) is 24.9. The van der Waals surface area contributed by atoms with Crippen LogP contribution in [0.15, 0.2) is 10.7 Å². The van der Waals surface area contributed by atoms with E-state index in [0.717, 1.165) is 10.3 Å². The third kappa shape index (κ3) is 2.92. The van der Waals surface area contributed by atoms with Gasteiger partial charge in [-0.25, -0.2) is 9.99 Å². The lowest BCUT2D eigenvalue weighted by Gasteiger charge is -2.39. The highest BCUT2D eigenvalue weighted by Crippen LogP contribution is 2.26. The van der Waals surface area contributed by atoms with Gasteiger partial charge in [-0.15, -0.1) is 0 Å². The van der Waals surface area contributed by atoms with Crippen LogP contribution in [0, 0.1) is 0 Å². The third-order valence-corrected chi connectivity index (χ3v) is 3.98. The van der Waals surface area contributed by atoms with E-state index in [-0.39, 0.29) is 0 Å². The quantitative estimate of drug-likeness (QED) is 0.898. The van der Waals surface area contributed by atoms with Gasteiger partial charge in [-0.3, -0.25) is 0 Å². The molecule has 0 amide bonds. The van der Waals surface area contributed by atoms with Gasteiger partial charge in [0.05, 0.1) is 4.47 Å². The van der Waals surface area contributed by atoms with Crippen LogP contribution in [-0.4, -0.2) is 34.1 Å². The summed E-state index contributed by atoms with van der Waals surface area (Å²) in [6.45, 7) is 4.49. The Hall–Kier alpha value is -0.880. The van der Waals surface area contributed by atoms with Gasteiger partial charge in [0, 0.05) is 25.3 Å². The van der Waals surface area contributed by atoms with Crippen molar-refractivity contribution in [2.75, 3.05) is 17.8 Å². The van der Waals surface area contributed by atoms with E-state index < -0.39 is 0 Å². The second kappa shape index (κ2) is 5.84. The van der Waals surface area contributed by atoms with Gasteiger partial charge < -0.3 is 10.7 Å². The molecule has 0 radical (unpaired) electrons. The predicted octanol–water partition coefficient (Wildman–Crippen LogP) is 2.87. The first-order valence-corrected chi connectivity index (χ1v) is 7.16. The first kappa shape index (κ1) is 13.5. The van der Waals surface area contributed by atoms with E-state index in [2.05, 4.69) is 55.5 Å². The Bertz CT molecular complexity index is 401. The van der Waals surface area contributed by atoms with E-state index in [1.807, 2.05) is 7.05 Å². The van der Waals surface area contributed by atoms with Gasteiger partial charge in [-0.2, -0.15) is 4.98 Å². The fraction of sp³-hybridized carbons (Fsp3) is 0.667. The summed E-state index contributed by atoms with van der Waals surface area (Å²) in [6, 6.07) is 1.04. The van der Waals surface area contributed by atoms with Crippen LogP contribution in [0.5, 0.6) is 0 Å². The minimum Gasteiger partial charge on any atom is -0.357 e. The molecule has 6 heteroatoms. The number of piperidine rings is 1. The highest BCUT2D eigenvalue weighted by Gasteiger charge is 2.25. The maximum Gasteiger partial charge on any atom is 0.224 e. The zero-order valence-corrected chi connectivity index (χ0v) is 12.7. The van der Waals surface area contributed by atoms with Crippen LogP contribution in [0.1, 0.15) is 33.1 Å². The Balaban J connectivity index is 2.16. The second-order valence-corrected chi connectivity index (χ2v) is 5.64. The Morgan fingerprint density at radius 2 is 2.00 bits per heavy atom. The lowest BCUT2D eigenvalue weighted by atomic mass is 10.00. The van der Waals surface area contributed by atoms with E-state index in [1.54, 1.807) is 6.20 Å². The SMILES string of the molecule is CNc1ncc(Br)c(NN2C(C)CCCC2C)n1. The molecule has 0 aliphatic carbocycles. The van der Waals surface area contributed by atoms with Crippen molar-refractivity contribution in [1.82, 2.24) is 15.0 Å². The molecular formula is C12H20BrN5. The van der Waals surface area contributed by atoms with E-state index in [4.69, 9.17) is 0 Å². The molecule has 2 unspecified atom stereocenters. The summed E-state index contributed by atoms with van der Waals surface area (Å²) in [5.41, 5.74) is 3.42. The molecule has 2 N–H and O–H groups in total. The highest BCUT2D eigenvalue weighted by molar-refractivity contribution is 9.10. The fourth-order valence-electron chi connectivity index (χ4n) is 2.33. The van der Waals surface area contributed by atoms with Crippen molar-refractivity contribution in [3.8, 4) is 0 Å². The molecule has 5 nitrogen and oxygen atoms in total. The van der Waals surface area contributed by atoms with E-state index in [1.165, 1.54) is 19.3 Å². The van der Waals surface area contributed by atoms with Crippen LogP contribution in [0.25, 0.3) is 0 Å². The number of rotatable bonds is 3. The molecule has 2 atom stereocenters. The van der Waals surface area contributed by atoms with Gasteiger partial charge >= 0.3 is 0 Å². The molecule has 0 saturated carbocycles. The maximum atomic E-state index is 4.43. The average Bonchev–Trinajstić information content (AvgIpc) is 2.36. The summed E-state index contributed by atoms with van der Waals surface area (Å²) >= 11 is 3.48. The predicted molar refractivity (Wildman–Crippen MR) is 77.5 cm³/mol.